The van der Waals surface area contributed by atoms with E-state index in [4.69, 9.17) is 5.73 Å². The molecule has 156 valence electrons. The van der Waals surface area contributed by atoms with Gasteiger partial charge >= 0.3 is 0 Å². The van der Waals surface area contributed by atoms with Crippen LogP contribution in [0.15, 0.2) is 60.0 Å². The molecule has 2 amide bonds. The Hall–Kier alpha value is -3.10. The maximum absolute atomic E-state index is 13.5. The number of nitrogens with zero attached hydrogens (tertiary/aromatic N) is 1. The zero-order chi connectivity index (χ0) is 21.5. The molecule has 0 saturated carbocycles. The third-order valence-corrected chi connectivity index (χ3v) is 5.23. The molecule has 3 N–H and O–H groups in total. The molecule has 8 heteroatoms. The summed E-state index contributed by atoms with van der Waals surface area (Å²) in [6, 6.07) is 13.4. The molecule has 0 unspecified atom stereocenters. The second-order valence-corrected chi connectivity index (χ2v) is 7.60. The lowest BCUT2D eigenvalue weighted by Gasteiger charge is -2.23. The second kappa shape index (κ2) is 10.1. The molecule has 0 bridgehead atoms. The molecule has 0 aliphatic carbocycles. The fourth-order valence-electron chi connectivity index (χ4n) is 2.91. The molecule has 5 nitrogen and oxygen atoms in total. The number of thiophene rings is 1. The largest absolute Gasteiger partial charge is 0.334 e. The Morgan fingerprint density at radius 1 is 1.03 bits per heavy atom. The van der Waals surface area contributed by atoms with Gasteiger partial charge in [0.25, 0.3) is 11.8 Å². The van der Waals surface area contributed by atoms with Crippen molar-refractivity contribution in [2.45, 2.75) is 13.0 Å². The average molecular weight is 429 g/mol. The van der Waals surface area contributed by atoms with Gasteiger partial charge in [-0.2, -0.15) is 0 Å². The number of nitrogens with two attached hydrogens (primary N) is 1. The van der Waals surface area contributed by atoms with Gasteiger partial charge in [-0.3, -0.25) is 9.59 Å². The molecule has 0 saturated heterocycles. The summed E-state index contributed by atoms with van der Waals surface area (Å²) >= 11 is 1.35. The first-order chi connectivity index (χ1) is 14.5. The molecule has 0 atom stereocenters. The van der Waals surface area contributed by atoms with Crippen molar-refractivity contribution in [3.8, 4) is 0 Å². The summed E-state index contributed by atoms with van der Waals surface area (Å²) in [4.78, 5) is 27.0. The van der Waals surface area contributed by atoms with Crippen LogP contribution in [0.3, 0.4) is 0 Å². The van der Waals surface area contributed by atoms with Crippen LogP contribution in [0.2, 0.25) is 0 Å². The third-order valence-electron chi connectivity index (χ3n) is 4.36. The Morgan fingerprint density at radius 3 is 2.33 bits per heavy atom. The zero-order valence-corrected chi connectivity index (χ0v) is 16.9. The maximum Gasteiger partial charge on any atom is 0.265 e. The predicted molar refractivity (Wildman–Crippen MR) is 113 cm³/mol. The molecule has 0 aliphatic rings. The fraction of sp³-hybridized carbons (Fsp3) is 0.182. The van der Waals surface area contributed by atoms with E-state index in [-0.39, 0.29) is 18.0 Å². The molecule has 30 heavy (non-hydrogen) atoms. The quantitative estimate of drug-likeness (QED) is 0.562. The van der Waals surface area contributed by atoms with E-state index in [1.807, 2.05) is 5.38 Å². The molecular formula is C22H21F2N3O2S. The fourth-order valence-corrected chi connectivity index (χ4v) is 3.53. The van der Waals surface area contributed by atoms with Crippen LogP contribution in [0.5, 0.6) is 0 Å². The van der Waals surface area contributed by atoms with Crippen LogP contribution >= 0.6 is 11.3 Å². The molecule has 2 aromatic carbocycles. The van der Waals surface area contributed by atoms with Gasteiger partial charge in [-0.05, 0) is 54.2 Å². The van der Waals surface area contributed by atoms with E-state index in [9.17, 15) is 18.4 Å². The summed E-state index contributed by atoms with van der Waals surface area (Å²) in [6.45, 7) is 0.982. The van der Waals surface area contributed by atoms with Crippen molar-refractivity contribution < 1.29 is 18.4 Å². The van der Waals surface area contributed by atoms with Crippen LogP contribution in [0.1, 0.15) is 32.0 Å². The number of hydrogen-bond acceptors (Lipinski definition) is 4. The second-order valence-electron chi connectivity index (χ2n) is 6.66. The standard InChI is InChI=1S/C22H21F2N3O2S/c23-17-11-16(12-18(24)13-17)22(29)27(9-2-8-25)14-15-4-6-19(7-5-15)26-21(28)20-3-1-10-30-20/h1,3-7,10-13H,2,8-9,14,25H2,(H,26,28). The number of amides is 2. The highest BCUT2D eigenvalue weighted by atomic mass is 32.1. The SMILES string of the molecule is NCCCN(Cc1ccc(NC(=O)c2cccs2)cc1)C(=O)c1cc(F)cc(F)c1. The van der Waals surface area contributed by atoms with Crippen molar-refractivity contribution in [1.29, 1.82) is 0 Å². The highest BCUT2D eigenvalue weighted by Gasteiger charge is 2.18. The Labute approximate surface area is 177 Å². The number of carbonyl (C=O) groups is 2. The molecule has 3 aromatic rings. The minimum absolute atomic E-state index is 0.0515. The summed E-state index contributed by atoms with van der Waals surface area (Å²) < 4.78 is 27.0. The van der Waals surface area contributed by atoms with Gasteiger partial charge in [-0.1, -0.05) is 18.2 Å². The topological polar surface area (TPSA) is 75.4 Å². The Kier molecular flexibility index (Phi) is 7.26. The molecule has 1 aromatic heterocycles. The van der Waals surface area contributed by atoms with Crippen molar-refractivity contribution in [2.24, 2.45) is 5.73 Å². The normalized spacial score (nSPS) is 10.6. The summed E-state index contributed by atoms with van der Waals surface area (Å²) in [5.41, 5.74) is 6.96. The van der Waals surface area contributed by atoms with Crippen LogP contribution < -0.4 is 11.1 Å². The van der Waals surface area contributed by atoms with Gasteiger partial charge in [-0.25, -0.2) is 8.78 Å². The van der Waals surface area contributed by atoms with Crippen LogP contribution in [-0.4, -0.2) is 29.8 Å². The first-order valence-corrected chi connectivity index (χ1v) is 10.2. The first-order valence-electron chi connectivity index (χ1n) is 9.35. The van der Waals surface area contributed by atoms with Crippen molar-refractivity contribution in [2.75, 3.05) is 18.4 Å². The average Bonchev–Trinajstić information content (AvgIpc) is 3.26. The van der Waals surface area contributed by atoms with Gasteiger partial charge in [0.15, 0.2) is 0 Å². The number of rotatable bonds is 8. The van der Waals surface area contributed by atoms with Crippen LogP contribution in [-0.2, 0) is 6.54 Å². The summed E-state index contributed by atoms with van der Waals surface area (Å²) in [5.74, 6) is -2.27. The Balaban J connectivity index is 1.71. The van der Waals surface area contributed by atoms with E-state index >= 15 is 0 Å². The monoisotopic (exact) mass is 429 g/mol. The van der Waals surface area contributed by atoms with Crippen molar-refractivity contribution >= 4 is 28.8 Å². The van der Waals surface area contributed by atoms with Gasteiger partial charge in [0.1, 0.15) is 11.6 Å². The van der Waals surface area contributed by atoms with Gasteiger partial charge in [0, 0.05) is 30.4 Å². The molecule has 0 radical (unpaired) electrons. The molecule has 0 spiro atoms. The molecule has 3 rings (SSSR count). The number of hydrogen-bond donors (Lipinski definition) is 2. The van der Waals surface area contributed by atoms with Gasteiger partial charge in [0.05, 0.1) is 4.88 Å². The zero-order valence-electron chi connectivity index (χ0n) is 16.1. The number of nitrogens with one attached hydrogen (secondary N) is 1. The number of anilines is 1. The maximum atomic E-state index is 13.5. The van der Waals surface area contributed by atoms with E-state index < -0.39 is 17.5 Å². The van der Waals surface area contributed by atoms with E-state index in [1.165, 1.54) is 16.2 Å². The van der Waals surface area contributed by atoms with E-state index in [1.54, 1.807) is 36.4 Å². The predicted octanol–water partition coefficient (Wildman–Crippen LogP) is 4.27. The third kappa shape index (κ3) is 5.71. The smallest absolute Gasteiger partial charge is 0.265 e. The molecule has 1 heterocycles. The lowest BCUT2D eigenvalue weighted by Crippen LogP contribution is -2.32. The lowest BCUT2D eigenvalue weighted by atomic mass is 10.1. The Morgan fingerprint density at radius 2 is 1.73 bits per heavy atom. The lowest BCUT2D eigenvalue weighted by molar-refractivity contribution is 0.0741. The van der Waals surface area contributed by atoms with Crippen molar-refractivity contribution in [3.05, 3.63) is 87.6 Å². The minimum atomic E-state index is -0.803. The highest BCUT2D eigenvalue weighted by Crippen LogP contribution is 2.17. The van der Waals surface area contributed by atoms with E-state index in [2.05, 4.69) is 5.32 Å². The van der Waals surface area contributed by atoms with Gasteiger partial charge < -0.3 is 16.0 Å². The van der Waals surface area contributed by atoms with Crippen LogP contribution in [0.4, 0.5) is 14.5 Å². The number of benzene rings is 2. The van der Waals surface area contributed by atoms with Crippen LogP contribution in [0.25, 0.3) is 0 Å². The van der Waals surface area contributed by atoms with E-state index in [0.29, 0.717) is 30.1 Å². The Bertz CT molecular complexity index is 987. The van der Waals surface area contributed by atoms with Crippen molar-refractivity contribution in [1.82, 2.24) is 4.90 Å². The number of carbonyl (C=O) groups excluding carboxylic acids is 2. The molecule has 0 fully saturated rings. The van der Waals surface area contributed by atoms with Gasteiger partial charge in [0.2, 0.25) is 0 Å². The van der Waals surface area contributed by atoms with Crippen LogP contribution in [0, 0.1) is 11.6 Å². The first kappa shape index (κ1) is 21.6. The molecular weight excluding hydrogens is 408 g/mol. The van der Waals surface area contributed by atoms with E-state index in [0.717, 1.165) is 23.8 Å². The summed E-state index contributed by atoms with van der Waals surface area (Å²) in [7, 11) is 0. The van der Waals surface area contributed by atoms with Crippen molar-refractivity contribution in [3.63, 3.8) is 0 Å². The number of halogens is 2. The summed E-state index contributed by atoms with van der Waals surface area (Å²) in [6.07, 6.45) is 0.554. The summed E-state index contributed by atoms with van der Waals surface area (Å²) in [5, 5.41) is 4.64. The minimum Gasteiger partial charge on any atom is -0.334 e. The van der Waals surface area contributed by atoms with Gasteiger partial charge in [-0.15, -0.1) is 11.3 Å². The highest BCUT2D eigenvalue weighted by molar-refractivity contribution is 7.12. The molecule has 0 aliphatic heterocycles.